The Balaban J connectivity index is 1.53. The molecule has 1 fully saturated rings. The van der Waals surface area contributed by atoms with Gasteiger partial charge in [0.25, 0.3) is 0 Å². The first-order valence-corrected chi connectivity index (χ1v) is 10.9. The minimum atomic E-state index is -3.33. The third kappa shape index (κ3) is 5.25. The molecule has 1 heterocycles. The van der Waals surface area contributed by atoms with Crippen LogP contribution in [-0.2, 0) is 22.2 Å². The fourth-order valence-corrected chi connectivity index (χ4v) is 4.78. The van der Waals surface area contributed by atoms with Crippen LogP contribution in [0.4, 0.5) is 0 Å². The van der Waals surface area contributed by atoms with Crippen molar-refractivity contribution in [2.24, 2.45) is 0 Å². The van der Waals surface area contributed by atoms with Crippen LogP contribution in [0.1, 0.15) is 28.4 Å². The molecule has 0 saturated carbocycles. The van der Waals surface area contributed by atoms with Crippen LogP contribution in [0.3, 0.4) is 0 Å². The summed E-state index contributed by atoms with van der Waals surface area (Å²) in [6, 6.07) is 17.0. The summed E-state index contributed by atoms with van der Waals surface area (Å²) in [5.74, 6) is 0.106. The smallest absolute Gasteiger partial charge is 0.218 e. The molecule has 1 aliphatic rings. The van der Waals surface area contributed by atoms with Crippen LogP contribution in [0.15, 0.2) is 54.6 Å². The van der Waals surface area contributed by atoms with E-state index in [1.807, 2.05) is 59.5 Å². The summed E-state index contributed by atoms with van der Waals surface area (Å²) in [7, 11) is -3.33. The molecule has 0 atom stereocenters. The van der Waals surface area contributed by atoms with Gasteiger partial charge >= 0.3 is 0 Å². The van der Waals surface area contributed by atoms with E-state index in [1.165, 1.54) is 9.87 Å². The number of hydrogen-bond acceptors (Lipinski definition) is 4. The first-order valence-electron chi connectivity index (χ1n) is 9.34. The molecular formula is C21H26N2O3S. The molecule has 0 bridgehead atoms. The van der Waals surface area contributed by atoms with E-state index in [4.69, 9.17) is 0 Å². The lowest BCUT2D eigenvalue weighted by atomic mass is 10.1. The molecule has 0 N–H and O–H groups in total. The van der Waals surface area contributed by atoms with Gasteiger partial charge in [0.05, 0.1) is 12.3 Å². The van der Waals surface area contributed by atoms with Crippen molar-refractivity contribution in [1.29, 1.82) is 0 Å². The molecule has 0 radical (unpaired) electrons. The lowest BCUT2D eigenvalue weighted by Gasteiger charge is -2.33. The summed E-state index contributed by atoms with van der Waals surface area (Å²) >= 11 is 0. The van der Waals surface area contributed by atoms with E-state index in [-0.39, 0.29) is 11.5 Å². The van der Waals surface area contributed by atoms with Gasteiger partial charge in [-0.1, -0.05) is 61.5 Å². The number of hydrogen-bond donors (Lipinski definition) is 0. The van der Waals surface area contributed by atoms with Crippen molar-refractivity contribution in [3.63, 3.8) is 0 Å². The minimum Gasteiger partial charge on any atom is -0.293 e. The van der Waals surface area contributed by atoms with Gasteiger partial charge in [0.2, 0.25) is 10.0 Å². The Morgan fingerprint density at radius 2 is 1.52 bits per heavy atom. The lowest BCUT2D eigenvalue weighted by Crippen LogP contribution is -2.50. The Morgan fingerprint density at radius 1 is 0.889 bits per heavy atom. The van der Waals surface area contributed by atoms with Gasteiger partial charge in [-0.2, -0.15) is 4.31 Å². The second kappa shape index (κ2) is 8.78. The Bertz CT molecular complexity index is 856. The van der Waals surface area contributed by atoms with E-state index in [2.05, 4.69) is 6.92 Å². The minimum absolute atomic E-state index is 0.0244. The predicted octanol–water partition coefficient (Wildman–Crippen LogP) is 2.58. The van der Waals surface area contributed by atoms with Crippen molar-refractivity contribution in [3.05, 3.63) is 71.3 Å². The number of sulfonamides is 1. The largest absolute Gasteiger partial charge is 0.293 e. The van der Waals surface area contributed by atoms with Crippen molar-refractivity contribution in [3.8, 4) is 0 Å². The van der Waals surface area contributed by atoms with Gasteiger partial charge in [0.1, 0.15) is 0 Å². The second-order valence-corrected chi connectivity index (χ2v) is 8.86. The summed E-state index contributed by atoms with van der Waals surface area (Å²) in [5, 5.41) is 0. The van der Waals surface area contributed by atoms with Gasteiger partial charge in [-0.25, -0.2) is 8.42 Å². The number of carbonyl (C=O) groups excluding carboxylic acids is 1. The van der Waals surface area contributed by atoms with E-state index in [9.17, 15) is 13.2 Å². The van der Waals surface area contributed by atoms with Gasteiger partial charge in [-0.15, -0.1) is 0 Å². The van der Waals surface area contributed by atoms with Crippen LogP contribution in [0.2, 0.25) is 0 Å². The number of carbonyl (C=O) groups is 1. The molecule has 27 heavy (non-hydrogen) atoms. The van der Waals surface area contributed by atoms with Gasteiger partial charge in [-0.3, -0.25) is 9.69 Å². The normalized spacial score (nSPS) is 16.3. The Hall–Kier alpha value is -2.02. The fourth-order valence-electron chi connectivity index (χ4n) is 3.26. The molecule has 0 amide bonds. The van der Waals surface area contributed by atoms with Crippen molar-refractivity contribution >= 4 is 15.8 Å². The molecule has 0 spiro atoms. The van der Waals surface area contributed by atoms with Crippen molar-refractivity contribution in [1.82, 2.24) is 9.21 Å². The Labute approximate surface area is 161 Å². The van der Waals surface area contributed by atoms with Crippen LogP contribution in [0, 0.1) is 0 Å². The summed E-state index contributed by atoms with van der Waals surface area (Å²) < 4.78 is 26.8. The highest BCUT2D eigenvalue weighted by Gasteiger charge is 2.27. The third-order valence-corrected chi connectivity index (χ3v) is 6.82. The first-order chi connectivity index (χ1) is 13.0. The van der Waals surface area contributed by atoms with Crippen LogP contribution >= 0.6 is 0 Å². The molecule has 0 unspecified atom stereocenters. The molecule has 1 saturated heterocycles. The van der Waals surface area contributed by atoms with Gasteiger partial charge in [0, 0.05) is 31.7 Å². The van der Waals surface area contributed by atoms with Gasteiger partial charge < -0.3 is 0 Å². The highest BCUT2D eigenvalue weighted by atomic mass is 32.2. The number of nitrogens with zero attached hydrogens (tertiary/aromatic N) is 2. The topological polar surface area (TPSA) is 57.7 Å². The van der Waals surface area contributed by atoms with E-state index in [0.29, 0.717) is 38.3 Å². The van der Waals surface area contributed by atoms with Gasteiger partial charge in [0.15, 0.2) is 5.78 Å². The summed E-state index contributed by atoms with van der Waals surface area (Å²) in [6.45, 7) is 4.42. The molecular weight excluding hydrogens is 360 g/mol. The molecule has 5 nitrogen and oxygen atoms in total. The second-order valence-electron chi connectivity index (χ2n) is 6.89. The molecule has 1 aliphatic heterocycles. The summed E-state index contributed by atoms with van der Waals surface area (Å²) in [5.41, 5.74) is 2.72. The maximum Gasteiger partial charge on any atom is 0.218 e. The average molecular weight is 387 g/mol. The predicted molar refractivity (Wildman–Crippen MR) is 107 cm³/mol. The van der Waals surface area contributed by atoms with Crippen molar-refractivity contribution in [2.75, 3.05) is 32.7 Å². The van der Waals surface area contributed by atoms with Crippen LogP contribution in [0.25, 0.3) is 0 Å². The maximum absolute atomic E-state index is 12.6. The lowest BCUT2D eigenvalue weighted by molar-refractivity contribution is 0.0901. The number of Topliss-reactive ketones (excluding diaryl/α,β-unsaturated/α-hetero) is 1. The number of piperazine rings is 1. The standard InChI is InChI=1S/C21H26N2O3S/c1-2-18-8-10-20(11-9-18)21(24)16-22-12-14-23(15-13-22)27(25,26)17-19-6-4-3-5-7-19/h3-11H,2,12-17H2,1H3. The van der Waals surface area contributed by atoms with E-state index < -0.39 is 10.0 Å². The van der Waals surface area contributed by atoms with Crippen molar-refractivity contribution in [2.45, 2.75) is 19.1 Å². The Kier molecular flexibility index (Phi) is 6.42. The van der Waals surface area contributed by atoms with Crippen molar-refractivity contribution < 1.29 is 13.2 Å². The molecule has 144 valence electrons. The third-order valence-electron chi connectivity index (χ3n) is 4.97. The monoisotopic (exact) mass is 386 g/mol. The first kappa shape index (κ1) is 19.7. The Morgan fingerprint density at radius 3 is 2.11 bits per heavy atom. The highest BCUT2D eigenvalue weighted by Crippen LogP contribution is 2.14. The zero-order valence-electron chi connectivity index (χ0n) is 15.7. The zero-order chi connectivity index (χ0) is 19.3. The quantitative estimate of drug-likeness (QED) is 0.687. The fraction of sp³-hybridized carbons (Fsp3) is 0.381. The molecule has 2 aromatic carbocycles. The maximum atomic E-state index is 12.6. The summed E-state index contributed by atoms with van der Waals surface area (Å²) in [6.07, 6.45) is 0.952. The SMILES string of the molecule is CCc1ccc(C(=O)CN2CCN(S(=O)(=O)Cc3ccccc3)CC2)cc1. The van der Waals surface area contributed by atoms with Gasteiger partial charge in [-0.05, 0) is 17.5 Å². The van der Waals surface area contributed by atoms with Crippen LogP contribution in [0.5, 0.6) is 0 Å². The summed E-state index contributed by atoms with van der Waals surface area (Å²) in [4.78, 5) is 14.5. The van der Waals surface area contributed by atoms with E-state index in [0.717, 1.165) is 12.0 Å². The van der Waals surface area contributed by atoms with E-state index >= 15 is 0 Å². The molecule has 0 aromatic heterocycles. The van der Waals surface area contributed by atoms with Crippen LogP contribution < -0.4 is 0 Å². The zero-order valence-corrected chi connectivity index (χ0v) is 16.5. The number of rotatable bonds is 7. The van der Waals surface area contributed by atoms with Crippen LogP contribution in [-0.4, -0.2) is 56.1 Å². The highest BCUT2D eigenvalue weighted by molar-refractivity contribution is 7.88. The number of benzene rings is 2. The number of aryl methyl sites for hydroxylation is 1. The molecule has 0 aliphatic carbocycles. The molecule has 6 heteroatoms. The molecule has 2 aromatic rings. The van der Waals surface area contributed by atoms with E-state index in [1.54, 1.807) is 0 Å². The number of ketones is 1. The molecule has 3 rings (SSSR count). The average Bonchev–Trinajstić information content (AvgIpc) is 2.69.